The molecular weight excluding hydrogens is 258 g/mol. The van der Waals surface area contributed by atoms with E-state index in [1.54, 1.807) is 28.9 Å². The summed E-state index contributed by atoms with van der Waals surface area (Å²) < 4.78 is 1.57. The van der Waals surface area contributed by atoms with Crippen molar-refractivity contribution in [3.63, 3.8) is 0 Å². The molecule has 0 aliphatic heterocycles. The topological polar surface area (TPSA) is 98.2 Å². The summed E-state index contributed by atoms with van der Waals surface area (Å²) in [5, 5.41) is 13.3. The minimum absolute atomic E-state index is 0.000540. The first-order chi connectivity index (χ1) is 9.41. The van der Waals surface area contributed by atoms with E-state index in [4.69, 9.17) is 5.73 Å². The summed E-state index contributed by atoms with van der Waals surface area (Å²) in [6.07, 6.45) is 1.33. The second-order valence-corrected chi connectivity index (χ2v) is 4.73. The molecule has 0 spiro atoms. The second kappa shape index (κ2) is 5.16. The van der Waals surface area contributed by atoms with E-state index in [0.29, 0.717) is 16.9 Å². The lowest BCUT2D eigenvalue weighted by atomic mass is 10.1. The number of carbonyl (C=O) groups is 2. The smallest absolute Gasteiger partial charge is 0.339 e. The Labute approximate surface area is 115 Å². The van der Waals surface area contributed by atoms with Crippen molar-refractivity contribution in [3.8, 4) is 5.69 Å². The third-order valence-electron chi connectivity index (χ3n) is 2.98. The Kier molecular flexibility index (Phi) is 3.56. The fourth-order valence-corrected chi connectivity index (χ4v) is 2.05. The minimum atomic E-state index is -1.01. The van der Waals surface area contributed by atoms with Crippen molar-refractivity contribution in [1.29, 1.82) is 0 Å². The molecule has 0 fully saturated rings. The third kappa shape index (κ3) is 2.40. The van der Waals surface area contributed by atoms with Gasteiger partial charge < -0.3 is 10.8 Å². The van der Waals surface area contributed by atoms with Crippen LogP contribution in [-0.4, -0.2) is 26.8 Å². The van der Waals surface area contributed by atoms with E-state index in [2.05, 4.69) is 5.10 Å². The molecule has 0 atom stereocenters. The molecular formula is C14H15N3O3. The molecule has 1 aromatic heterocycles. The van der Waals surface area contributed by atoms with Crippen LogP contribution < -0.4 is 5.73 Å². The molecule has 1 heterocycles. The fourth-order valence-electron chi connectivity index (χ4n) is 2.05. The van der Waals surface area contributed by atoms with Gasteiger partial charge in [-0.1, -0.05) is 13.8 Å². The molecule has 1 amide bonds. The molecule has 0 saturated carbocycles. The second-order valence-electron chi connectivity index (χ2n) is 4.73. The molecule has 0 aliphatic carbocycles. The van der Waals surface area contributed by atoms with Gasteiger partial charge in [0, 0.05) is 5.56 Å². The third-order valence-corrected chi connectivity index (χ3v) is 2.98. The number of carboxylic acids is 1. The van der Waals surface area contributed by atoms with Crippen LogP contribution in [0.15, 0.2) is 30.5 Å². The first-order valence-corrected chi connectivity index (χ1v) is 6.13. The van der Waals surface area contributed by atoms with Crippen molar-refractivity contribution >= 4 is 11.9 Å². The van der Waals surface area contributed by atoms with Crippen LogP contribution in [0, 0.1) is 0 Å². The lowest BCUT2D eigenvalue weighted by Gasteiger charge is -2.11. The maximum Gasteiger partial charge on any atom is 0.339 e. The Morgan fingerprint density at radius 1 is 1.25 bits per heavy atom. The Morgan fingerprint density at radius 3 is 2.30 bits per heavy atom. The molecule has 6 heteroatoms. The van der Waals surface area contributed by atoms with Crippen molar-refractivity contribution in [2.45, 2.75) is 19.8 Å². The highest BCUT2D eigenvalue weighted by molar-refractivity contribution is 5.93. The summed E-state index contributed by atoms with van der Waals surface area (Å²) in [6.45, 7) is 3.80. The Hall–Kier alpha value is -2.63. The van der Waals surface area contributed by atoms with Gasteiger partial charge in [0.25, 0.3) is 0 Å². The molecule has 2 rings (SSSR count). The van der Waals surface area contributed by atoms with Crippen LogP contribution in [0.25, 0.3) is 5.69 Å². The molecule has 0 unspecified atom stereocenters. The number of hydrogen-bond acceptors (Lipinski definition) is 3. The van der Waals surface area contributed by atoms with E-state index in [-0.39, 0.29) is 11.5 Å². The summed E-state index contributed by atoms with van der Waals surface area (Å²) in [6, 6.07) is 6.54. The number of primary amides is 1. The van der Waals surface area contributed by atoms with Gasteiger partial charge in [0.15, 0.2) is 0 Å². The fraction of sp³-hybridized carbons (Fsp3) is 0.214. The maximum absolute atomic E-state index is 11.2. The van der Waals surface area contributed by atoms with E-state index >= 15 is 0 Å². The standard InChI is InChI=1S/C14H15N3O3/c1-8(2)12-11(14(19)20)7-16-17(12)10-5-3-9(4-6-10)13(15)18/h3-8H,1-2H3,(H2,15,18)(H,19,20). The largest absolute Gasteiger partial charge is 0.478 e. The van der Waals surface area contributed by atoms with Crippen molar-refractivity contribution in [2.24, 2.45) is 5.73 Å². The van der Waals surface area contributed by atoms with Gasteiger partial charge >= 0.3 is 5.97 Å². The Morgan fingerprint density at radius 2 is 1.85 bits per heavy atom. The van der Waals surface area contributed by atoms with Gasteiger partial charge in [0.05, 0.1) is 17.6 Å². The molecule has 0 radical (unpaired) electrons. The van der Waals surface area contributed by atoms with Gasteiger partial charge in [-0.15, -0.1) is 0 Å². The highest BCUT2D eigenvalue weighted by Gasteiger charge is 2.20. The summed E-state index contributed by atoms with van der Waals surface area (Å²) >= 11 is 0. The maximum atomic E-state index is 11.2. The summed E-state index contributed by atoms with van der Waals surface area (Å²) in [4.78, 5) is 22.2. The van der Waals surface area contributed by atoms with Gasteiger partial charge in [0.1, 0.15) is 5.56 Å². The van der Waals surface area contributed by atoms with Crippen LogP contribution in [0.4, 0.5) is 0 Å². The molecule has 1 aromatic carbocycles. The number of aromatic nitrogens is 2. The van der Waals surface area contributed by atoms with Crippen molar-refractivity contribution in [3.05, 3.63) is 47.3 Å². The number of aromatic carboxylic acids is 1. The van der Waals surface area contributed by atoms with E-state index < -0.39 is 11.9 Å². The quantitative estimate of drug-likeness (QED) is 0.887. The van der Waals surface area contributed by atoms with Gasteiger partial charge in [-0.25, -0.2) is 9.48 Å². The van der Waals surface area contributed by atoms with Crippen LogP contribution in [0.2, 0.25) is 0 Å². The van der Waals surface area contributed by atoms with Gasteiger partial charge in [-0.05, 0) is 30.2 Å². The molecule has 0 saturated heterocycles. The normalized spacial score (nSPS) is 10.8. The van der Waals surface area contributed by atoms with Crippen molar-refractivity contribution in [1.82, 2.24) is 9.78 Å². The zero-order valence-electron chi connectivity index (χ0n) is 11.2. The number of benzene rings is 1. The SMILES string of the molecule is CC(C)c1c(C(=O)O)cnn1-c1ccc(C(N)=O)cc1. The van der Waals surface area contributed by atoms with Crippen LogP contribution in [0.3, 0.4) is 0 Å². The number of amides is 1. The zero-order chi connectivity index (χ0) is 14.9. The van der Waals surface area contributed by atoms with Crippen LogP contribution in [0.1, 0.15) is 46.2 Å². The predicted octanol–water partition coefficient (Wildman–Crippen LogP) is 1.79. The Balaban J connectivity index is 2.52. The lowest BCUT2D eigenvalue weighted by Crippen LogP contribution is -2.11. The number of carbonyl (C=O) groups excluding carboxylic acids is 1. The molecule has 2 aromatic rings. The van der Waals surface area contributed by atoms with Gasteiger partial charge in [-0.2, -0.15) is 5.10 Å². The van der Waals surface area contributed by atoms with E-state index in [0.717, 1.165) is 0 Å². The van der Waals surface area contributed by atoms with Crippen molar-refractivity contribution in [2.75, 3.05) is 0 Å². The molecule has 3 N–H and O–H groups in total. The summed E-state index contributed by atoms with van der Waals surface area (Å²) in [5.74, 6) is -1.51. The first-order valence-electron chi connectivity index (χ1n) is 6.13. The first kappa shape index (κ1) is 13.8. The summed E-state index contributed by atoms with van der Waals surface area (Å²) in [5.41, 5.74) is 7.06. The molecule has 104 valence electrons. The number of nitrogens with two attached hydrogens (primary N) is 1. The van der Waals surface area contributed by atoms with Crippen LogP contribution >= 0.6 is 0 Å². The minimum Gasteiger partial charge on any atom is -0.478 e. The molecule has 6 nitrogen and oxygen atoms in total. The monoisotopic (exact) mass is 273 g/mol. The predicted molar refractivity (Wildman–Crippen MR) is 73.1 cm³/mol. The van der Waals surface area contributed by atoms with E-state index in [1.807, 2.05) is 13.8 Å². The summed E-state index contributed by atoms with van der Waals surface area (Å²) in [7, 11) is 0. The highest BCUT2D eigenvalue weighted by atomic mass is 16.4. The van der Waals surface area contributed by atoms with Crippen molar-refractivity contribution < 1.29 is 14.7 Å². The van der Waals surface area contributed by atoms with Gasteiger partial charge in [-0.3, -0.25) is 4.79 Å². The van der Waals surface area contributed by atoms with Gasteiger partial charge in [0.2, 0.25) is 5.91 Å². The lowest BCUT2D eigenvalue weighted by molar-refractivity contribution is 0.0695. The number of rotatable bonds is 4. The van der Waals surface area contributed by atoms with E-state index in [9.17, 15) is 14.7 Å². The Bertz CT molecular complexity index is 657. The zero-order valence-corrected chi connectivity index (χ0v) is 11.2. The highest BCUT2D eigenvalue weighted by Crippen LogP contribution is 2.23. The molecule has 0 aliphatic rings. The number of nitrogens with zero attached hydrogens (tertiary/aromatic N) is 2. The average Bonchev–Trinajstić information content (AvgIpc) is 2.83. The number of hydrogen-bond donors (Lipinski definition) is 2. The number of carboxylic acid groups (broad SMARTS) is 1. The average molecular weight is 273 g/mol. The molecule has 0 bridgehead atoms. The van der Waals surface area contributed by atoms with E-state index in [1.165, 1.54) is 6.20 Å². The molecule has 20 heavy (non-hydrogen) atoms. The van der Waals surface area contributed by atoms with Crippen LogP contribution in [-0.2, 0) is 0 Å². The van der Waals surface area contributed by atoms with Crippen LogP contribution in [0.5, 0.6) is 0 Å².